The third kappa shape index (κ3) is 52.4. The van der Waals surface area contributed by atoms with E-state index in [4.69, 9.17) is 5.73 Å². The van der Waals surface area contributed by atoms with E-state index >= 15 is 0 Å². The van der Waals surface area contributed by atoms with Crippen molar-refractivity contribution in [2.45, 2.75) is 425 Å². The topological polar surface area (TPSA) is 122 Å². The first-order valence-electron chi connectivity index (χ1n) is 38.8. The van der Waals surface area contributed by atoms with Gasteiger partial charge in [0, 0.05) is 47.8 Å². The quantitative estimate of drug-likeness (QED) is 0.0274. The number of nitrogens with two attached hydrogens (primary N) is 1. The van der Waals surface area contributed by atoms with Crippen LogP contribution in [0.25, 0.3) is 0 Å². The normalized spacial score (nSPS) is 15.3. The second kappa shape index (κ2) is 65.6. The molecule has 9 heteroatoms. The average molecular weight is 1190 g/mol. The number of rotatable bonds is 72. The third-order valence-corrected chi connectivity index (χ3v) is 19.0. The fraction of sp³-hybridized carbons (Fsp3) is 1.00. The van der Waals surface area contributed by atoms with Gasteiger partial charge in [0.15, 0.2) is 0 Å². The monoisotopic (exact) mass is 1190 g/mol. The predicted molar refractivity (Wildman–Crippen MR) is 381 cm³/mol. The second-order valence-corrected chi connectivity index (χ2v) is 27.4. The molecule has 0 fully saturated rings. The summed E-state index contributed by atoms with van der Waals surface area (Å²) in [5, 5.41) is 33.8. The molecule has 0 aliphatic rings. The zero-order chi connectivity index (χ0) is 61.5. The Balaban J connectivity index is 7.36. The molecule has 0 spiro atoms. The maximum atomic E-state index is 7.85. The largest absolute Gasteiger partial charge is 0.323 e. The van der Waals surface area contributed by atoms with Crippen LogP contribution in [0.15, 0.2) is 0 Å². The smallest absolute Gasteiger partial charge is 0.0437 e. The van der Waals surface area contributed by atoms with Crippen LogP contribution in [-0.2, 0) is 0 Å². The summed E-state index contributed by atoms with van der Waals surface area (Å²) in [6, 6.07) is 2.77. The van der Waals surface area contributed by atoms with Crippen LogP contribution in [0, 0.1) is 0 Å². The van der Waals surface area contributed by atoms with Crippen LogP contribution in [0.5, 0.6) is 0 Å². The van der Waals surface area contributed by atoms with Crippen LogP contribution in [-0.4, -0.2) is 107 Å². The Bertz CT molecular complexity index is 1240. The SMILES string of the molecule is CCCCCCCNCCCC(CC(CC(CC(C[C@@H](CC(NCCCCCCC)[C@](C)(N)C(CC)NCCCCCCC)NCCCCCCC)NCCCCCCC)NCCCCCCC)NCCCCCCC)NCCCCCCC. The van der Waals surface area contributed by atoms with E-state index in [0.717, 1.165) is 71.6 Å². The summed E-state index contributed by atoms with van der Waals surface area (Å²) in [5.41, 5.74) is 7.47. The van der Waals surface area contributed by atoms with Gasteiger partial charge in [-0.05, 0) is 169 Å². The molecule has 84 heavy (non-hydrogen) atoms. The molecule has 0 amide bonds. The Hall–Kier alpha value is -0.360. The molecule has 0 rings (SSSR count). The van der Waals surface area contributed by atoms with Crippen molar-refractivity contribution in [2.75, 3.05) is 58.9 Å². The van der Waals surface area contributed by atoms with Gasteiger partial charge in [0.2, 0.25) is 0 Å². The molecule has 0 aromatic heterocycles. The predicted octanol–water partition coefficient (Wildman–Crippen LogP) is 18.9. The Kier molecular flexibility index (Phi) is 65.3. The van der Waals surface area contributed by atoms with Crippen LogP contribution < -0.4 is 48.3 Å². The minimum atomic E-state index is -0.382. The maximum absolute atomic E-state index is 7.85. The van der Waals surface area contributed by atoms with Crippen LogP contribution >= 0.6 is 0 Å². The molecule has 6 unspecified atom stereocenters. The average Bonchev–Trinajstić information content (AvgIpc) is 3.43. The lowest BCUT2D eigenvalue weighted by molar-refractivity contribution is 0.198. The Labute approximate surface area is 529 Å². The summed E-state index contributed by atoms with van der Waals surface area (Å²) in [4.78, 5) is 0. The lowest BCUT2D eigenvalue weighted by atomic mass is 9.79. The van der Waals surface area contributed by atoms with Gasteiger partial charge in [0.05, 0.1) is 0 Å². The molecule has 0 aromatic carbocycles. The highest BCUT2D eigenvalue weighted by atomic mass is 15.1. The van der Waals surface area contributed by atoms with Gasteiger partial charge in [-0.25, -0.2) is 0 Å². The molecule has 8 atom stereocenters. The van der Waals surface area contributed by atoms with E-state index in [1.54, 1.807) is 0 Å². The summed E-state index contributed by atoms with van der Waals surface area (Å²) in [5.74, 6) is 0. The minimum Gasteiger partial charge on any atom is -0.323 e. The first-order chi connectivity index (χ1) is 41.2. The number of nitrogens with one attached hydrogen (secondary N) is 8. The third-order valence-electron chi connectivity index (χ3n) is 19.0. The van der Waals surface area contributed by atoms with Crippen molar-refractivity contribution in [1.29, 1.82) is 0 Å². The highest BCUT2D eigenvalue weighted by molar-refractivity contribution is 5.03. The van der Waals surface area contributed by atoms with E-state index in [1.165, 1.54) is 295 Å². The van der Waals surface area contributed by atoms with Crippen molar-refractivity contribution in [1.82, 2.24) is 42.5 Å². The van der Waals surface area contributed by atoms with E-state index in [1.807, 2.05) is 0 Å². The lowest BCUT2D eigenvalue weighted by Crippen LogP contribution is -2.67. The van der Waals surface area contributed by atoms with Gasteiger partial charge in [-0.15, -0.1) is 0 Å². The number of hydrogen-bond acceptors (Lipinski definition) is 9. The molecule has 0 aliphatic carbocycles. The Morgan fingerprint density at radius 3 is 0.762 bits per heavy atom. The zero-order valence-corrected chi connectivity index (χ0v) is 59.4. The van der Waals surface area contributed by atoms with E-state index in [-0.39, 0.29) is 17.6 Å². The highest BCUT2D eigenvalue weighted by Crippen LogP contribution is 2.24. The van der Waals surface area contributed by atoms with Gasteiger partial charge in [0.1, 0.15) is 0 Å². The van der Waals surface area contributed by atoms with E-state index < -0.39 is 0 Å². The van der Waals surface area contributed by atoms with Crippen molar-refractivity contribution in [3.05, 3.63) is 0 Å². The van der Waals surface area contributed by atoms with Crippen LogP contribution in [0.1, 0.15) is 377 Å². The van der Waals surface area contributed by atoms with Crippen LogP contribution in [0.4, 0.5) is 0 Å². The Morgan fingerprint density at radius 2 is 0.464 bits per heavy atom. The van der Waals surface area contributed by atoms with Gasteiger partial charge in [0.25, 0.3) is 0 Å². The van der Waals surface area contributed by atoms with E-state index in [2.05, 4.69) is 112 Å². The van der Waals surface area contributed by atoms with E-state index in [0.29, 0.717) is 30.2 Å². The minimum absolute atomic E-state index is 0.216. The molecule has 0 aromatic rings. The molecule has 506 valence electrons. The molecule has 0 saturated heterocycles. The van der Waals surface area contributed by atoms with Crippen molar-refractivity contribution >= 4 is 0 Å². The fourth-order valence-corrected chi connectivity index (χ4v) is 13.3. The Morgan fingerprint density at radius 1 is 0.238 bits per heavy atom. The maximum Gasteiger partial charge on any atom is 0.0437 e. The van der Waals surface area contributed by atoms with Crippen molar-refractivity contribution in [3.63, 3.8) is 0 Å². The number of hydrogen-bond donors (Lipinski definition) is 9. The van der Waals surface area contributed by atoms with Gasteiger partial charge in [-0.3, -0.25) is 0 Å². The van der Waals surface area contributed by atoms with Crippen molar-refractivity contribution < 1.29 is 0 Å². The fourth-order valence-electron chi connectivity index (χ4n) is 13.3. The zero-order valence-electron chi connectivity index (χ0n) is 59.4. The molecule has 0 saturated carbocycles. The molecule has 0 radical (unpaired) electrons. The molecular weight excluding hydrogens is 1030 g/mol. The summed E-state index contributed by atoms with van der Waals surface area (Å²) < 4.78 is 0. The van der Waals surface area contributed by atoms with Crippen molar-refractivity contribution in [2.24, 2.45) is 5.73 Å². The van der Waals surface area contributed by atoms with E-state index in [9.17, 15) is 0 Å². The second-order valence-electron chi connectivity index (χ2n) is 27.4. The molecular formula is C75H161N9. The molecule has 0 aliphatic heterocycles. The van der Waals surface area contributed by atoms with Crippen LogP contribution in [0.3, 0.4) is 0 Å². The first-order valence-corrected chi connectivity index (χ1v) is 38.8. The van der Waals surface area contributed by atoms with Crippen molar-refractivity contribution in [3.8, 4) is 0 Å². The number of unbranched alkanes of at least 4 members (excludes halogenated alkanes) is 32. The molecule has 0 heterocycles. The van der Waals surface area contributed by atoms with Gasteiger partial charge in [-0.1, -0.05) is 268 Å². The summed E-state index contributed by atoms with van der Waals surface area (Å²) >= 11 is 0. The summed E-state index contributed by atoms with van der Waals surface area (Å²) in [6.07, 6.45) is 62.4. The highest BCUT2D eigenvalue weighted by Gasteiger charge is 2.38. The molecule has 9 nitrogen and oxygen atoms in total. The van der Waals surface area contributed by atoms with Gasteiger partial charge in [-0.2, -0.15) is 0 Å². The molecule has 0 bridgehead atoms. The first kappa shape index (κ1) is 83.6. The summed E-state index contributed by atoms with van der Waals surface area (Å²) in [6.45, 7) is 33.6. The van der Waals surface area contributed by atoms with Crippen LogP contribution in [0.2, 0.25) is 0 Å². The lowest BCUT2D eigenvalue weighted by Gasteiger charge is -2.43. The standard InChI is InChI=1S/C75H161N9/c1-11-20-28-36-44-54-77-55-52-53-68(78-56-45-37-29-21-12-2)63-69(79-57-46-38-30-22-13-3)64-70(80-58-47-39-31-23-14-4)65-71(81-59-48-40-32-24-15-5)66-72(82-60-49-41-33-25-16-6)67-74(84-62-51-43-35-27-18-8)75(10,76)73(19-9)83-61-50-42-34-26-17-7/h68-74,77-84H,11-67,76H2,1-10H3/t68?,69?,70?,71?,72-,73?,74?,75+/m0/s1. The summed E-state index contributed by atoms with van der Waals surface area (Å²) in [7, 11) is 0. The van der Waals surface area contributed by atoms with Gasteiger partial charge >= 0.3 is 0 Å². The van der Waals surface area contributed by atoms with Gasteiger partial charge < -0.3 is 48.3 Å². The molecule has 10 N–H and O–H groups in total.